The van der Waals surface area contributed by atoms with Crippen LogP contribution in [0.15, 0.2) is 39.3 Å². The minimum atomic E-state index is -3.59. The number of hydrogen-bond donors (Lipinski definition) is 2. The van der Waals surface area contributed by atoms with Crippen LogP contribution in [0.4, 0.5) is 5.69 Å². The first kappa shape index (κ1) is 15.0. The minimum absolute atomic E-state index is 0.337. The zero-order valence-corrected chi connectivity index (χ0v) is 14.3. The molecule has 1 saturated carbocycles. The summed E-state index contributed by atoms with van der Waals surface area (Å²) in [5, 5.41) is 5.15. The lowest BCUT2D eigenvalue weighted by Crippen LogP contribution is -2.19. The molecule has 8 heteroatoms. The maximum Gasteiger partial charge on any atom is 0.263 e. The average molecular weight is 388 g/mol. The molecule has 5 nitrogen and oxygen atoms in total. The lowest BCUT2D eigenvalue weighted by Gasteiger charge is -2.10. The number of hydrogen-bond acceptors (Lipinski definition) is 5. The lowest BCUT2D eigenvalue weighted by molar-refractivity contribution is 0.599. The van der Waals surface area contributed by atoms with E-state index < -0.39 is 10.0 Å². The number of pyridine rings is 1. The second-order valence-corrected chi connectivity index (χ2v) is 8.33. The molecule has 0 saturated heterocycles. The van der Waals surface area contributed by atoms with Gasteiger partial charge in [-0.25, -0.2) is 8.42 Å². The highest BCUT2D eigenvalue weighted by atomic mass is 79.9. The molecular formula is C13H14BrN3O2S2. The van der Waals surface area contributed by atoms with Gasteiger partial charge in [0.1, 0.15) is 4.90 Å². The number of anilines is 1. The number of aromatic nitrogens is 1. The molecule has 0 aromatic carbocycles. The predicted octanol–water partition coefficient (Wildman–Crippen LogP) is 2.96. The van der Waals surface area contributed by atoms with Crippen molar-refractivity contribution in [3.63, 3.8) is 0 Å². The fraction of sp³-hybridized carbons (Fsp3) is 0.308. The monoisotopic (exact) mass is 387 g/mol. The first-order valence-electron chi connectivity index (χ1n) is 6.48. The highest BCUT2D eigenvalue weighted by Gasteiger charge is 2.24. The molecule has 0 amide bonds. The summed E-state index contributed by atoms with van der Waals surface area (Å²) < 4.78 is 28.3. The molecule has 0 radical (unpaired) electrons. The zero-order valence-electron chi connectivity index (χ0n) is 11.0. The Balaban J connectivity index is 1.81. The van der Waals surface area contributed by atoms with Crippen molar-refractivity contribution in [3.8, 4) is 0 Å². The van der Waals surface area contributed by atoms with Gasteiger partial charge in [-0.2, -0.15) is 0 Å². The quantitative estimate of drug-likeness (QED) is 0.798. The van der Waals surface area contributed by atoms with Crippen LogP contribution < -0.4 is 10.0 Å². The minimum Gasteiger partial charge on any atom is -0.309 e. The van der Waals surface area contributed by atoms with E-state index in [-0.39, 0.29) is 0 Å². The van der Waals surface area contributed by atoms with Crippen molar-refractivity contribution in [3.05, 3.63) is 39.3 Å². The molecule has 0 bridgehead atoms. The van der Waals surface area contributed by atoms with Crippen LogP contribution in [0.25, 0.3) is 0 Å². The molecule has 1 aliphatic carbocycles. The molecule has 1 fully saturated rings. The molecular weight excluding hydrogens is 374 g/mol. The third kappa shape index (κ3) is 3.63. The molecule has 0 atom stereocenters. The van der Waals surface area contributed by atoms with Crippen LogP contribution in [0.1, 0.15) is 17.7 Å². The van der Waals surface area contributed by atoms with Gasteiger partial charge in [0.15, 0.2) is 0 Å². The van der Waals surface area contributed by atoms with Gasteiger partial charge in [0.25, 0.3) is 10.0 Å². The maximum atomic E-state index is 12.5. The maximum absolute atomic E-state index is 12.5. The van der Waals surface area contributed by atoms with Crippen molar-refractivity contribution in [2.75, 3.05) is 4.72 Å². The Bertz CT molecular complexity index is 741. The van der Waals surface area contributed by atoms with E-state index in [1.54, 1.807) is 29.9 Å². The summed E-state index contributed by atoms with van der Waals surface area (Å²) in [6.07, 6.45) is 5.46. The van der Waals surface area contributed by atoms with Crippen molar-refractivity contribution >= 4 is 43.0 Å². The van der Waals surface area contributed by atoms with Crippen LogP contribution in [-0.4, -0.2) is 19.4 Å². The van der Waals surface area contributed by atoms with Crippen LogP contribution in [0, 0.1) is 0 Å². The van der Waals surface area contributed by atoms with Gasteiger partial charge in [-0.15, -0.1) is 11.3 Å². The summed E-state index contributed by atoms with van der Waals surface area (Å²) in [6, 6.07) is 3.81. The third-order valence-corrected chi connectivity index (χ3v) is 6.27. The van der Waals surface area contributed by atoms with Gasteiger partial charge in [0.05, 0.1) is 10.2 Å². The summed E-state index contributed by atoms with van der Waals surface area (Å²) in [5.41, 5.74) is 0.484. The standard InChI is InChI=1S/C13H14BrN3O2S2/c14-10-7-15-5-3-11(10)17-21(18,19)13-4-6-20-12(13)8-16-9-1-2-9/h3-7,9,16H,1-2,8H2,(H,15,17). The molecule has 3 rings (SSSR count). The SMILES string of the molecule is O=S(=O)(Nc1ccncc1Br)c1ccsc1CNC1CC1. The molecule has 112 valence electrons. The normalized spacial score (nSPS) is 15.1. The van der Waals surface area contributed by atoms with Gasteiger partial charge in [-0.3, -0.25) is 9.71 Å². The number of nitrogens with one attached hydrogen (secondary N) is 2. The van der Waals surface area contributed by atoms with E-state index in [9.17, 15) is 8.42 Å². The van der Waals surface area contributed by atoms with E-state index in [1.807, 2.05) is 0 Å². The van der Waals surface area contributed by atoms with E-state index in [0.29, 0.717) is 27.6 Å². The Hall–Kier alpha value is -0.960. The van der Waals surface area contributed by atoms with Gasteiger partial charge in [0.2, 0.25) is 0 Å². The van der Waals surface area contributed by atoms with E-state index in [4.69, 9.17) is 0 Å². The Morgan fingerprint density at radius 2 is 2.19 bits per heavy atom. The largest absolute Gasteiger partial charge is 0.309 e. The number of sulfonamides is 1. The summed E-state index contributed by atoms with van der Waals surface area (Å²) in [5.74, 6) is 0. The summed E-state index contributed by atoms with van der Waals surface area (Å²) in [7, 11) is -3.59. The molecule has 21 heavy (non-hydrogen) atoms. The zero-order chi connectivity index (χ0) is 14.9. The lowest BCUT2D eigenvalue weighted by atomic mass is 10.4. The van der Waals surface area contributed by atoms with Gasteiger partial charge in [-0.1, -0.05) is 0 Å². The molecule has 0 unspecified atom stereocenters. The fourth-order valence-electron chi connectivity index (χ4n) is 1.88. The summed E-state index contributed by atoms with van der Waals surface area (Å²) >= 11 is 4.74. The molecule has 2 N–H and O–H groups in total. The molecule has 2 aromatic heterocycles. The van der Waals surface area contributed by atoms with Crippen LogP contribution in [0.3, 0.4) is 0 Å². The van der Waals surface area contributed by atoms with Gasteiger partial charge in [0, 0.05) is 29.9 Å². The van der Waals surface area contributed by atoms with Crippen molar-refractivity contribution in [2.45, 2.75) is 30.3 Å². The highest BCUT2D eigenvalue weighted by molar-refractivity contribution is 9.10. The Labute approximate surface area is 136 Å². The second kappa shape index (κ2) is 6.04. The predicted molar refractivity (Wildman–Crippen MR) is 86.9 cm³/mol. The first-order chi connectivity index (χ1) is 10.1. The molecule has 2 aromatic rings. The highest BCUT2D eigenvalue weighted by Crippen LogP contribution is 2.28. The van der Waals surface area contributed by atoms with E-state index in [2.05, 4.69) is 31.0 Å². The fourth-order valence-corrected chi connectivity index (χ4v) is 4.84. The average Bonchev–Trinajstić information content (AvgIpc) is 3.15. The molecule has 2 heterocycles. The van der Waals surface area contributed by atoms with Crippen molar-refractivity contribution in [1.82, 2.24) is 10.3 Å². The number of rotatable bonds is 6. The van der Waals surface area contributed by atoms with Crippen molar-refractivity contribution < 1.29 is 8.42 Å². The Morgan fingerprint density at radius 3 is 2.90 bits per heavy atom. The molecule has 0 spiro atoms. The van der Waals surface area contributed by atoms with Crippen LogP contribution in [-0.2, 0) is 16.6 Å². The third-order valence-electron chi connectivity index (χ3n) is 3.14. The first-order valence-corrected chi connectivity index (χ1v) is 9.64. The van der Waals surface area contributed by atoms with Gasteiger partial charge >= 0.3 is 0 Å². The second-order valence-electron chi connectivity index (χ2n) is 4.82. The van der Waals surface area contributed by atoms with E-state index >= 15 is 0 Å². The Morgan fingerprint density at radius 1 is 1.38 bits per heavy atom. The van der Waals surface area contributed by atoms with Crippen LogP contribution in [0.2, 0.25) is 0 Å². The van der Waals surface area contributed by atoms with Crippen LogP contribution >= 0.6 is 27.3 Å². The van der Waals surface area contributed by atoms with Gasteiger partial charge in [-0.05, 0) is 46.3 Å². The molecule has 1 aliphatic rings. The topological polar surface area (TPSA) is 71.1 Å². The van der Waals surface area contributed by atoms with Crippen LogP contribution in [0.5, 0.6) is 0 Å². The van der Waals surface area contributed by atoms with Gasteiger partial charge < -0.3 is 5.32 Å². The van der Waals surface area contributed by atoms with Crippen molar-refractivity contribution in [2.24, 2.45) is 0 Å². The number of thiophene rings is 1. The van der Waals surface area contributed by atoms with E-state index in [0.717, 1.165) is 4.88 Å². The molecule has 0 aliphatic heterocycles. The summed E-state index contributed by atoms with van der Waals surface area (Å²) in [4.78, 5) is 5.09. The Kier molecular flexibility index (Phi) is 4.30. The smallest absolute Gasteiger partial charge is 0.263 e. The van der Waals surface area contributed by atoms with Crippen molar-refractivity contribution in [1.29, 1.82) is 0 Å². The number of halogens is 1. The number of nitrogens with zero attached hydrogens (tertiary/aromatic N) is 1. The van der Waals surface area contributed by atoms with E-state index in [1.165, 1.54) is 24.2 Å². The summed E-state index contributed by atoms with van der Waals surface area (Å²) in [6.45, 7) is 0.593.